The van der Waals surface area contributed by atoms with Gasteiger partial charge in [0.05, 0.1) is 18.8 Å². The van der Waals surface area contributed by atoms with Crippen LogP contribution in [-0.2, 0) is 6.42 Å². The smallest absolute Gasteiger partial charge is 0.191 e. The summed E-state index contributed by atoms with van der Waals surface area (Å²) in [6.07, 6.45) is 4.91. The number of hydrogen-bond donors (Lipinski definition) is 2. The summed E-state index contributed by atoms with van der Waals surface area (Å²) in [5.41, 5.74) is 5.56. The molecule has 0 aliphatic carbocycles. The van der Waals surface area contributed by atoms with Crippen molar-refractivity contribution in [3.8, 4) is 5.75 Å². The minimum Gasteiger partial charge on any atom is -0.496 e. The van der Waals surface area contributed by atoms with Gasteiger partial charge in [-0.25, -0.2) is 4.98 Å². The van der Waals surface area contributed by atoms with Crippen LogP contribution in [0.3, 0.4) is 0 Å². The Balaban J connectivity index is 1.69. The van der Waals surface area contributed by atoms with Gasteiger partial charge in [0, 0.05) is 37.5 Å². The topological polar surface area (TPSA) is 63.0 Å². The Morgan fingerprint density at radius 2 is 2.10 bits per heavy atom. The number of pyridine rings is 1. The van der Waals surface area contributed by atoms with E-state index in [9.17, 15) is 0 Å². The lowest BCUT2D eigenvalue weighted by atomic mass is 10.0. The number of nitrogens with one attached hydrogen (secondary N) is 2. The summed E-state index contributed by atoms with van der Waals surface area (Å²) < 4.78 is 7.60. The molecule has 0 fully saturated rings. The number of aliphatic imine (C=N–C) groups is 1. The summed E-state index contributed by atoms with van der Waals surface area (Å²) in [7, 11) is 1.71. The lowest BCUT2D eigenvalue weighted by Gasteiger charge is -2.20. The molecule has 2 N–H and O–H groups in total. The van der Waals surface area contributed by atoms with Crippen LogP contribution in [0.5, 0.6) is 5.75 Å². The third-order valence-corrected chi connectivity index (χ3v) is 4.91. The van der Waals surface area contributed by atoms with Crippen molar-refractivity contribution in [2.24, 2.45) is 4.99 Å². The average Bonchev–Trinajstić information content (AvgIpc) is 3.12. The second-order valence-electron chi connectivity index (χ2n) is 7.28. The number of ether oxygens (including phenoxy) is 1. The van der Waals surface area contributed by atoms with Gasteiger partial charge in [0.15, 0.2) is 5.96 Å². The molecule has 6 nitrogen and oxygen atoms in total. The quantitative estimate of drug-likeness (QED) is 0.473. The molecule has 0 amide bonds. The highest BCUT2D eigenvalue weighted by Crippen LogP contribution is 2.25. The molecule has 154 valence electrons. The van der Waals surface area contributed by atoms with Crippen molar-refractivity contribution in [3.63, 3.8) is 0 Å². The van der Waals surface area contributed by atoms with Gasteiger partial charge < -0.3 is 19.8 Å². The van der Waals surface area contributed by atoms with E-state index in [2.05, 4.69) is 67.1 Å². The molecule has 3 rings (SSSR count). The molecule has 0 spiro atoms. The predicted octanol–water partition coefficient (Wildman–Crippen LogP) is 3.82. The fourth-order valence-electron chi connectivity index (χ4n) is 3.40. The van der Waals surface area contributed by atoms with Crippen LogP contribution in [0.25, 0.3) is 5.65 Å². The fourth-order valence-corrected chi connectivity index (χ4v) is 3.40. The molecule has 2 aromatic heterocycles. The second kappa shape index (κ2) is 9.45. The molecule has 0 aliphatic heterocycles. The molecule has 3 aromatic rings. The van der Waals surface area contributed by atoms with E-state index in [1.54, 1.807) is 7.11 Å². The molecule has 0 bridgehead atoms. The Kier molecular flexibility index (Phi) is 6.75. The molecular weight excluding hydrogens is 362 g/mol. The Hall–Kier alpha value is -3.02. The van der Waals surface area contributed by atoms with E-state index in [-0.39, 0.29) is 6.04 Å². The van der Waals surface area contributed by atoms with E-state index in [1.165, 1.54) is 11.1 Å². The van der Waals surface area contributed by atoms with Crippen LogP contribution in [0, 0.1) is 13.8 Å². The number of guanidine groups is 1. The zero-order valence-corrected chi connectivity index (χ0v) is 18.0. The molecule has 0 saturated heterocycles. The summed E-state index contributed by atoms with van der Waals surface area (Å²) in [4.78, 5) is 9.48. The first kappa shape index (κ1) is 20.7. The van der Waals surface area contributed by atoms with Gasteiger partial charge in [0.25, 0.3) is 0 Å². The Labute approximate surface area is 173 Å². The molecule has 1 aromatic carbocycles. The van der Waals surface area contributed by atoms with Crippen LogP contribution in [0.1, 0.15) is 42.3 Å². The molecule has 2 heterocycles. The molecule has 0 aliphatic rings. The van der Waals surface area contributed by atoms with Gasteiger partial charge in [-0.3, -0.25) is 4.99 Å². The number of aryl methyl sites for hydroxylation is 2. The van der Waals surface area contributed by atoms with Crippen molar-refractivity contribution in [2.45, 2.75) is 40.2 Å². The summed E-state index contributed by atoms with van der Waals surface area (Å²) in [5, 5.41) is 6.82. The molecular formula is C23H31N5O. The maximum Gasteiger partial charge on any atom is 0.191 e. The summed E-state index contributed by atoms with van der Waals surface area (Å²) in [6, 6.07) is 10.4. The number of benzene rings is 1. The van der Waals surface area contributed by atoms with E-state index in [0.717, 1.165) is 41.6 Å². The van der Waals surface area contributed by atoms with Crippen molar-refractivity contribution < 1.29 is 4.74 Å². The van der Waals surface area contributed by atoms with E-state index < -0.39 is 0 Å². The number of methoxy groups -OCH3 is 1. The molecule has 1 atom stereocenters. The Bertz CT molecular complexity index is 992. The maximum absolute atomic E-state index is 5.53. The standard InChI is InChI=1S/C23H31N5O/c1-6-24-23(26-18(4)20-14-16(2)9-10-21(20)29-5)25-12-11-19-15-28-13-7-8-17(3)22(28)27-19/h7-10,13-15,18H,6,11-12H2,1-5H3,(H2,24,25,26). The second-order valence-corrected chi connectivity index (χ2v) is 7.28. The van der Waals surface area contributed by atoms with Crippen molar-refractivity contribution in [2.75, 3.05) is 20.2 Å². The molecule has 6 heteroatoms. The first-order valence-corrected chi connectivity index (χ1v) is 10.1. The van der Waals surface area contributed by atoms with Crippen molar-refractivity contribution in [1.29, 1.82) is 0 Å². The first-order valence-electron chi connectivity index (χ1n) is 10.1. The van der Waals surface area contributed by atoms with E-state index in [0.29, 0.717) is 6.54 Å². The summed E-state index contributed by atoms with van der Waals surface area (Å²) >= 11 is 0. The van der Waals surface area contributed by atoms with Gasteiger partial charge >= 0.3 is 0 Å². The minimum atomic E-state index is 0.0699. The Morgan fingerprint density at radius 3 is 2.83 bits per heavy atom. The average molecular weight is 394 g/mol. The third-order valence-electron chi connectivity index (χ3n) is 4.91. The number of imidazole rings is 1. The van der Waals surface area contributed by atoms with Crippen LogP contribution < -0.4 is 15.4 Å². The summed E-state index contributed by atoms with van der Waals surface area (Å²) in [5.74, 6) is 1.68. The largest absolute Gasteiger partial charge is 0.496 e. The van der Waals surface area contributed by atoms with Gasteiger partial charge in [0.2, 0.25) is 0 Å². The van der Waals surface area contributed by atoms with E-state index in [1.807, 2.05) is 18.3 Å². The Morgan fingerprint density at radius 1 is 1.28 bits per heavy atom. The molecule has 1 unspecified atom stereocenters. The van der Waals surface area contributed by atoms with Gasteiger partial charge in [0.1, 0.15) is 11.4 Å². The number of aromatic nitrogens is 2. The van der Waals surface area contributed by atoms with Gasteiger partial charge in [-0.05, 0) is 45.4 Å². The zero-order chi connectivity index (χ0) is 20.8. The lowest BCUT2D eigenvalue weighted by Crippen LogP contribution is -2.39. The number of hydrogen-bond acceptors (Lipinski definition) is 3. The van der Waals surface area contributed by atoms with Crippen LogP contribution >= 0.6 is 0 Å². The number of rotatable bonds is 7. The van der Waals surface area contributed by atoms with Crippen LogP contribution in [-0.4, -0.2) is 35.5 Å². The first-order chi connectivity index (χ1) is 14.0. The highest BCUT2D eigenvalue weighted by molar-refractivity contribution is 5.80. The van der Waals surface area contributed by atoms with E-state index in [4.69, 9.17) is 14.7 Å². The fraction of sp³-hybridized carbons (Fsp3) is 0.391. The predicted molar refractivity (Wildman–Crippen MR) is 119 cm³/mol. The molecule has 0 saturated carbocycles. The van der Waals surface area contributed by atoms with Crippen molar-refractivity contribution in [3.05, 3.63) is 65.1 Å². The van der Waals surface area contributed by atoms with Gasteiger partial charge in [-0.2, -0.15) is 0 Å². The SMILES string of the molecule is CCNC(=NCCc1cn2cccc(C)c2n1)NC(C)c1cc(C)ccc1OC. The van der Waals surface area contributed by atoms with E-state index >= 15 is 0 Å². The van der Waals surface area contributed by atoms with Gasteiger partial charge in [-0.1, -0.05) is 23.8 Å². The lowest BCUT2D eigenvalue weighted by molar-refractivity contribution is 0.405. The molecule has 29 heavy (non-hydrogen) atoms. The zero-order valence-electron chi connectivity index (χ0n) is 18.0. The van der Waals surface area contributed by atoms with Crippen LogP contribution in [0.2, 0.25) is 0 Å². The van der Waals surface area contributed by atoms with Crippen LogP contribution in [0.4, 0.5) is 0 Å². The normalized spacial score (nSPS) is 12.8. The maximum atomic E-state index is 5.53. The van der Waals surface area contributed by atoms with Gasteiger partial charge in [-0.15, -0.1) is 0 Å². The number of nitrogens with zero attached hydrogens (tertiary/aromatic N) is 3. The monoisotopic (exact) mass is 393 g/mol. The highest BCUT2D eigenvalue weighted by Gasteiger charge is 2.13. The highest BCUT2D eigenvalue weighted by atomic mass is 16.5. The molecule has 0 radical (unpaired) electrons. The summed E-state index contributed by atoms with van der Waals surface area (Å²) in [6.45, 7) is 9.83. The van der Waals surface area contributed by atoms with Crippen molar-refractivity contribution >= 4 is 11.6 Å². The minimum absolute atomic E-state index is 0.0699. The third kappa shape index (κ3) is 5.08. The van der Waals surface area contributed by atoms with Crippen LogP contribution in [0.15, 0.2) is 47.7 Å². The number of fused-ring (bicyclic) bond motifs is 1. The van der Waals surface area contributed by atoms with Crippen molar-refractivity contribution in [1.82, 2.24) is 20.0 Å².